The van der Waals surface area contributed by atoms with E-state index in [0.29, 0.717) is 17.3 Å². The van der Waals surface area contributed by atoms with Gasteiger partial charge in [0.2, 0.25) is 0 Å². The molecule has 0 bridgehead atoms. The predicted molar refractivity (Wildman–Crippen MR) is 54.5 cm³/mol. The average Bonchev–Trinajstić information content (AvgIpc) is 2.77. The van der Waals surface area contributed by atoms with E-state index in [1.54, 1.807) is 0 Å². The molecular weight excluding hydrogens is 160 g/mol. The quantitative estimate of drug-likeness (QED) is 0.446. The van der Waals surface area contributed by atoms with Crippen molar-refractivity contribution in [2.24, 2.45) is 17.3 Å². The van der Waals surface area contributed by atoms with Gasteiger partial charge in [-0.15, -0.1) is 0 Å². The van der Waals surface area contributed by atoms with Gasteiger partial charge in [-0.3, -0.25) is 0 Å². The molecule has 1 heteroatoms. The number of epoxide rings is 1. The highest BCUT2D eigenvalue weighted by atomic mass is 16.6. The van der Waals surface area contributed by atoms with E-state index in [1.165, 1.54) is 5.57 Å². The molecule has 1 heterocycles. The summed E-state index contributed by atoms with van der Waals surface area (Å²) in [4.78, 5) is 0. The molecule has 1 saturated heterocycles. The van der Waals surface area contributed by atoms with Gasteiger partial charge < -0.3 is 4.74 Å². The number of ether oxygens (including phenoxy) is 1. The summed E-state index contributed by atoms with van der Waals surface area (Å²) >= 11 is 0. The Kier molecular flexibility index (Phi) is 1.70. The molecule has 1 saturated carbocycles. The van der Waals surface area contributed by atoms with Crippen molar-refractivity contribution < 1.29 is 4.74 Å². The van der Waals surface area contributed by atoms with Crippen LogP contribution in [-0.2, 0) is 4.74 Å². The lowest BCUT2D eigenvalue weighted by molar-refractivity contribution is 0.0870. The maximum absolute atomic E-state index is 5.61. The molecule has 74 valence electrons. The van der Waals surface area contributed by atoms with Crippen LogP contribution in [0.4, 0.5) is 0 Å². The molecule has 1 aliphatic heterocycles. The number of allylic oxidation sites excluding steroid dienone is 1. The van der Waals surface area contributed by atoms with Gasteiger partial charge in [0.1, 0.15) is 0 Å². The molecule has 13 heavy (non-hydrogen) atoms. The summed E-state index contributed by atoms with van der Waals surface area (Å²) in [5.74, 6) is 1.36. The smallest absolute Gasteiger partial charge is 0.0947 e. The molecule has 2 rings (SSSR count). The van der Waals surface area contributed by atoms with Gasteiger partial charge in [0.05, 0.1) is 12.2 Å². The normalized spacial score (nSPS) is 55.5. The molecule has 0 spiro atoms. The zero-order valence-corrected chi connectivity index (χ0v) is 9.18. The van der Waals surface area contributed by atoms with Crippen LogP contribution in [0.25, 0.3) is 0 Å². The highest BCUT2D eigenvalue weighted by Crippen LogP contribution is 2.60. The van der Waals surface area contributed by atoms with Crippen LogP contribution in [0.2, 0.25) is 0 Å². The Hall–Kier alpha value is -0.300. The summed E-state index contributed by atoms with van der Waals surface area (Å²) in [6.45, 7) is 14.3. The third-order valence-corrected chi connectivity index (χ3v) is 4.78. The Labute approximate surface area is 81.2 Å². The highest BCUT2D eigenvalue weighted by Gasteiger charge is 2.61. The van der Waals surface area contributed by atoms with E-state index in [1.807, 2.05) is 0 Å². The number of hydrogen-bond acceptors (Lipinski definition) is 1. The van der Waals surface area contributed by atoms with E-state index in [-0.39, 0.29) is 5.60 Å². The Morgan fingerprint density at radius 1 is 1.38 bits per heavy atom. The van der Waals surface area contributed by atoms with Gasteiger partial charge in [0.15, 0.2) is 0 Å². The Balaban J connectivity index is 2.29. The first-order chi connectivity index (χ1) is 5.91. The second-order valence-electron chi connectivity index (χ2n) is 5.35. The number of rotatable bonds is 1. The molecule has 2 fully saturated rings. The monoisotopic (exact) mass is 180 g/mol. The summed E-state index contributed by atoms with van der Waals surface area (Å²) in [5.41, 5.74) is 1.87. The second-order valence-corrected chi connectivity index (χ2v) is 5.35. The molecule has 0 aromatic carbocycles. The summed E-state index contributed by atoms with van der Waals surface area (Å²) in [6.07, 6.45) is 1.14. The first-order valence-corrected chi connectivity index (χ1v) is 5.22. The SMILES string of the molecule is C=C1C[C@@](C)(C2(C)CO2)[C@@H](C)C1C. The van der Waals surface area contributed by atoms with Crippen LogP contribution in [0.3, 0.4) is 0 Å². The van der Waals surface area contributed by atoms with Crippen LogP contribution in [0, 0.1) is 17.3 Å². The molecule has 0 amide bonds. The Bertz CT molecular complexity index is 252. The summed E-state index contributed by atoms with van der Waals surface area (Å²) < 4.78 is 5.61. The molecule has 0 radical (unpaired) electrons. The largest absolute Gasteiger partial charge is 0.369 e. The first kappa shape index (κ1) is 9.26. The van der Waals surface area contributed by atoms with Crippen molar-refractivity contribution in [1.82, 2.24) is 0 Å². The van der Waals surface area contributed by atoms with Crippen molar-refractivity contribution in [3.8, 4) is 0 Å². The molecule has 1 aliphatic carbocycles. The van der Waals surface area contributed by atoms with E-state index in [0.717, 1.165) is 13.0 Å². The van der Waals surface area contributed by atoms with E-state index < -0.39 is 0 Å². The molecule has 1 nitrogen and oxygen atoms in total. The predicted octanol–water partition coefficient (Wildman–Crippen LogP) is 3.01. The lowest BCUT2D eigenvalue weighted by Crippen LogP contribution is -2.36. The molecule has 0 aromatic heterocycles. The van der Waals surface area contributed by atoms with Crippen molar-refractivity contribution in [2.75, 3.05) is 6.61 Å². The maximum Gasteiger partial charge on any atom is 0.0947 e. The average molecular weight is 180 g/mol. The highest BCUT2D eigenvalue weighted by molar-refractivity contribution is 5.21. The van der Waals surface area contributed by atoms with Gasteiger partial charge in [-0.1, -0.05) is 32.9 Å². The Morgan fingerprint density at radius 2 is 1.92 bits per heavy atom. The topological polar surface area (TPSA) is 12.5 Å². The van der Waals surface area contributed by atoms with E-state index >= 15 is 0 Å². The van der Waals surface area contributed by atoms with Gasteiger partial charge >= 0.3 is 0 Å². The van der Waals surface area contributed by atoms with Gasteiger partial charge in [0, 0.05) is 5.41 Å². The van der Waals surface area contributed by atoms with Crippen LogP contribution < -0.4 is 0 Å². The lowest BCUT2D eigenvalue weighted by atomic mass is 9.70. The molecule has 4 atom stereocenters. The van der Waals surface area contributed by atoms with Gasteiger partial charge in [-0.2, -0.15) is 0 Å². The van der Waals surface area contributed by atoms with E-state index in [4.69, 9.17) is 4.74 Å². The van der Waals surface area contributed by atoms with Crippen molar-refractivity contribution in [2.45, 2.75) is 39.7 Å². The summed E-state index contributed by atoms with van der Waals surface area (Å²) in [6, 6.07) is 0. The molecular formula is C12H20O. The van der Waals surface area contributed by atoms with Crippen LogP contribution in [0.5, 0.6) is 0 Å². The third kappa shape index (κ3) is 1.03. The lowest BCUT2D eigenvalue weighted by Gasteiger charge is -2.34. The van der Waals surface area contributed by atoms with Crippen molar-refractivity contribution in [3.63, 3.8) is 0 Å². The van der Waals surface area contributed by atoms with Gasteiger partial charge in [-0.05, 0) is 25.2 Å². The molecule has 0 aromatic rings. The van der Waals surface area contributed by atoms with Crippen molar-refractivity contribution in [3.05, 3.63) is 12.2 Å². The first-order valence-electron chi connectivity index (χ1n) is 5.22. The fraction of sp³-hybridized carbons (Fsp3) is 0.833. The third-order valence-electron chi connectivity index (χ3n) is 4.78. The fourth-order valence-corrected chi connectivity index (χ4v) is 2.81. The van der Waals surface area contributed by atoms with Crippen molar-refractivity contribution in [1.29, 1.82) is 0 Å². The summed E-state index contributed by atoms with van der Waals surface area (Å²) in [5, 5.41) is 0. The molecule has 0 N–H and O–H groups in total. The second kappa shape index (κ2) is 2.38. The van der Waals surface area contributed by atoms with E-state index in [9.17, 15) is 0 Å². The van der Waals surface area contributed by atoms with Crippen LogP contribution in [0.1, 0.15) is 34.1 Å². The van der Waals surface area contributed by atoms with Crippen LogP contribution >= 0.6 is 0 Å². The minimum Gasteiger partial charge on any atom is -0.369 e. The van der Waals surface area contributed by atoms with Crippen LogP contribution in [-0.4, -0.2) is 12.2 Å². The van der Waals surface area contributed by atoms with Crippen molar-refractivity contribution >= 4 is 0 Å². The zero-order chi connectivity index (χ0) is 9.85. The molecule has 2 aliphatic rings. The summed E-state index contributed by atoms with van der Waals surface area (Å²) in [7, 11) is 0. The maximum atomic E-state index is 5.61. The standard InChI is InChI=1S/C12H20O/c1-8-6-11(4,10(3)9(8)2)12(5)7-13-12/h9-10H,1,6-7H2,2-5H3/t9?,10-,11+,12?/m0/s1. The van der Waals surface area contributed by atoms with Gasteiger partial charge in [-0.25, -0.2) is 0 Å². The fourth-order valence-electron chi connectivity index (χ4n) is 2.81. The number of hydrogen-bond donors (Lipinski definition) is 0. The van der Waals surface area contributed by atoms with E-state index in [2.05, 4.69) is 34.3 Å². The minimum atomic E-state index is 0.139. The zero-order valence-electron chi connectivity index (χ0n) is 9.18. The van der Waals surface area contributed by atoms with Crippen LogP contribution in [0.15, 0.2) is 12.2 Å². The molecule has 2 unspecified atom stereocenters. The Morgan fingerprint density at radius 3 is 2.23 bits per heavy atom. The van der Waals surface area contributed by atoms with Gasteiger partial charge in [0.25, 0.3) is 0 Å². The minimum absolute atomic E-state index is 0.139.